The Balaban J connectivity index is 2.64. The molecule has 0 aromatic carbocycles. The summed E-state index contributed by atoms with van der Waals surface area (Å²) in [6.07, 6.45) is 1.91. The van der Waals surface area contributed by atoms with Crippen LogP contribution in [0, 0.1) is 11.9 Å². The molecular weight excluding hydrogens is 223 g/mol. The second-order valence-electron chi connectivity index (χ2n) is 4.35. The molecule has 0 spiro atoms. The summed E-state index contributed by atoms with van der Waals surface area (Å²) in [5, 5.41) is 11.8. The van der Waals surface area contributed by atoms with E-state index >= 15 is 0 Å². The molecule has 5 heteroatoms. The SMILES string of the molecule is CC(C)CC(CO)NC(=O)c1ccnc(F)c1. The normalized spacial score (nSPS) is 12.5. The Morgan fingerprint density at radius 1 is 1.59 bits per heavy atom. The summed E-state index contributed by atoms with van der Waals surface area (Å²) in [5.74, 6) is -0.727. The summed E-state index contributed by atoms with van der Waals surface area (Å²) >= 11 is 0. The van der Waals surface area contributed by atoms with Gasteiger partial charge in [-0.3, -0.25) is 4.79 Å². The lowest BCUT2D eigenvalue weighted by Crippen LogP contribution is -2.38. The summed E-state index contributed by atoms with van der Waals surface area (Å²) in [7, 11) is 0. The van der Waals surface area contributed by atoms with Gasteiger partial charge in [-0.2, -0.15) is 4.39 Å². The largest absolute Gasteiger partial charge is 0.394 e. The summed E-state index contributed by atoms with van der Waals surface area (Å²) in [6, 6.07) is 2.19. The molecule has 0 aliphatic carbocycles. The molecule has 0 radical (unpaired) electrons. The van der Waals surface area contributed by atoms with E-state index in [2.05, 4.69) is 10.3 Å². The molecule has 4 nitrogen and oxygen atoms in total. The lowest BCUT2D eigenvalue weighted by molar-refractivity contribution is 0.0907. The van der Waals surface area contributed by atoms with Crippen LogP contribution in [-0.2, 0) is 0 Å². The Morgan fingerprint density at radius 3 is 2.82 bits per heavy atom. The number of carbonyl (C=O) groups is 1. The van der Waals surface area contributed by atoms with Crippen molar-refractivity contribution in [3.63, 3.8) is 0 Å². The quantitative estimate of drug-likeness (QED) is 0.764. The van der Waals surface area contributed by atoms with Crippen LogP contribution in [0.25, 0.3) is 0 Å². The van der Waals surface area contributed by atoms with Crippen LogP contribution in [0.4, 0.5) is 4.39 Å². The Labute approximate surface area is 99.9 Å². The van der Waals surface area contributed by atoms with Crippen molar-refractivity contribution in [2.45, 2.75) is 26.3 Å². The van der Waals surface area contributed by atoms with E-state index in [1.54, 1.807) is 0 Å². The highest BCUT2D eigenvalue weighted by molar-refractivity contribution is 5.94. The number of nitrogens with zero attached hydrogens (tertiary/aromatic N) is 1. The first-order valence-corrected chi connectivity index (χ1v) is 5.56. The van der Waals surface area contributed by atoms with E-state index in [9.17, 15) is 9.18 Å². The van der Waals surface area contributed by atoms with E-state index in [1.807, 2.05) is 13.8 Å². The van der Waals surface area contributed by atoms with E-state index in [0.29, 0.717) is 12.3 Å². The molecule has 0 saturated carbocycles. The van der Waals surface area contributed by atoms with Crippen molar-refractivity contribution in [1.29, 1.82) is 0 Å². The summed E-state index contributed by atoms with van der Waals surface area (Å²) in [5.41, 5.74) is 0.208. The third-order valence-corrected chi connectivity index (χ3v) is 2.30. The van der Waals surface area contributed by atoms with Gasteiger partial charge in [-0.25, -0.2) is 4.98 Å². The Bertz CT molecular complexity index is 383. The molecule has 1 amide bonds. The van der Waals surface area contributed by atoms with Crippen LogP contribution in [-0.4, -0.2) is 28.6 Å². The standard InChI is InChI=1S/C12H17FN2O2/c1-8(2)5-10(7-16)15-12(17)9-3-4-14-11(13)6-9/h3-4,6,8,10,16H,5,7H2,1-2H3,(H,15,17). The molecule has 2 N–H and O–H groups in total. The number of halogens is 1. The summed E-state index contributed by atoms with van der Waals surface area (Å²) in [6.45, 7) is 3.87. The van der Waals surface area contributed by atoms with Crippen molar-refractivity contribution in [3.05, 3.63) is 29.8 Å². The molecule has 17 heavy (non-hydrogen) atoms. The molecule has 1 rings (SSSR count). The molecule has 1 unspecified atom stereocenters. The zero-order valence-electron chi connectivity index (χ0n) is 9.98. The molecule has 0 aliphatic rings. The molecule has 0 saturated heterocycles. The van der Waals surface area contributed by atoms with Gasteiger partial charge in [0, 0.05) is 17.8 Å². The van der Waals surface area contributed by atoms with E-state index in [1.165, 1.54) is 12.3 Å². The van der Waals surface area contributed by atoms with Gasteiger partial charge in [0.1, 0.15) is 0 Å². The zero-order valence-corrected chi connectivity index (χ0v) is 9.98. The summed E-state index contributed by atoms with van der Waals surface area (Å²) < 4.78 is 12.8. The van der Waals surface area contributed by atoms with Crippen molar-refractivity contribution in [3.8, 4) is 0 Å². The van der Waals surface area contributed by atoms with E-state index in [-0.39, 0.29) is 18.2 Å². The van der Waals surface area contributed by atoms with Gasteiger partial charge in [0.25, 0.3) is 5.91 Å². The van der Waals surface area contributed by atoms with Crippen molar-refractivity contribution < 1.29 is 14.3 Å². The highest BCUT2D eigenvalue weighted by Crippen LogP contribution is 2.06. The van der Waals surface area contributed by atoms with E-state index in [4.69, 9.17) is 5.11 Å². The number of pyridine rings is 1. The first-order chi connectivity index (χ1) is 8.02. The minimum absolute atomic E-state index is 0.127. The smallest absolute Gasteiger partial charge is 0.251 e. The maximum Gasteiger partial charge on any atom is 0.251 e. The second kappa shape index (κ2) is 6.30. The third-order valence-electron chi connectivity index (χ3n) is 2.30. The van der Waals surface area contributed by atoms with Crippen molar-refractivity contribution >= 4 is 5.91 Å². The number of amides is 1. The van der Waals surface area contributed by atoms with Crippen molar-refractivity contribution in [2.75, 3.05) is 6.61 Å². The van der Waals surface area contributed by atoms with Gasteiger partial charge in [0.05, 0.1) is 12.6 Å². The number of aliphatic hydroxyl groups is 1. The zero-order chi connectivity index (χ0) is 12.8. The lowest BCUT2D eigenvalue weighted by atomic mass is 10.0. The maximum atomic E-state index is 12.8. The number of aromatic nitrogens is 1. The molecule has 94 valence electrons. The van der Waals surface area contributed by atoms with E-state index in [0.717, 1.165) is 6.07 Å². The van der Waals surface area contributed by atoms with Gasteiger partial charge in [0.2, 0.25) is 5.95 Å². The minimum Gasteiger partial charge on any atom is -0.394 e. The monoisotopic (exact) mass is 240 g/mol. The minimum atomic E-state index is -0.693. The second-order valence-corrected chi connectivity index (χ2v) is 4.35. The van der Waals surface area contributed by atoms with Gasteiger partial charge in [0.15, 0.2) is 0 Å². The predicted molar refractivity (Wildman–Crippen MR) is 62.0 cm³/mol. The van der Waals surface area contributed by atoms with Gasteiger partial charge in [-0.05, 0) is 18.4 Å². The lowest BCUT2D eigenvalue weighted by Gasteiger charge is -2.18. The van der Waals surface area contributed by atoms with Crippen LogP contribution in [0.3, 0.4) is 0 Å². The third kappa shape index (κ3) is 4.48. The topological polar surface area (TPSA) is 62.2 Å². The fourth-order valence-corrected chi connectivity index (χ4v) is 1.56. The molecule has 1 heterocycles. The Kier molecular flexibility index (Phi) is 5.03. The molecule has 0 bridgehead atoms. The van der Waals surface area contributed by atoms with Gasteiger partial charge in [-0.1, -0.05) is 13.8 Å². The first kappa shape index (κ1) is 13.6. The molecule has 1 atom stereocenters. The number of nitrogens with one attached hydrogen (secondary N) is 1. The highest BCUT2D eigenvalue weighted by Gasteiger charge is 2.14. The van der Waals surface area contributed by atoms with Crippen molar-refractivity contribution in [1.82, 2.24) is 10.3 Å². The van der Waals surface area contributed by atoms with Gasteiger partial charge >= 0.3 is 0 Å². The molecule has 1 aromatic heterocycles. The molecular formula is C12H17FN2O2. The number of carbonyl (C=O) groups excluding carboxylic acids is 1. The molecule has 1 aromatic rings. The number of aliphatic hydroxyl groups excluding tert-OH is 1. The average Bonchev–Trinajstić information content (AvgIpc) is 2.27. The van der Waals surface area contributed by atoms with Gasteiger partial charge in [-0.15, -0.1) is 0 Å². The van der Waals surface area contributed by atoms with Crippen LogP contribution >= 0.6 is 0 Å². The number of rotatable bonds is 5. The fraction of sp³-hybridized carbons (Fsp3) is 0.500. The van der Waals surface area contributed by atoms with Crippen molar-refractivity contribution in [2.24, 2.45) is 5.92 Å². The van der Waals surface area contributed by atoms with Crippen LogP contribution in [0.1, 0.15) is 30.6 Å². The first-order valence-electron chi connectivity index (χ1n) is 5.56. The average molecular weight is 240 g/mol. The van der Waals surface area contributed by atoms with E-state index < -0.39 is 11.9 Å². The highest BCUT2D eigenvalue weighted by atomic mass is 19.1. The summed E-state index contributed by atoms with van der Waals surface area (Å²) in [4.78, 5) is 15.1. The Morgan fingerprint density at radius 2 is 2.29 bits per heavy atom. The fourth-order valence-electron chi connectivity index (χ4n) is 1.56. The molecule has 0 fully saturated rings. The van der Waals surface area contributed by atoms with Crippen LogP contribution in [0.2, 0.25) is 0 Å². The number of hydrogen-bond acceptors (Lipinski definition) is 3. The van der Waals surface area contributed by atoms with Crippen LogP contribution < -0.4 is 5.32 Å². The van der Waals surface area contributed by atoms with Crippen LogP contribution in [0.5, 0.6) is 0 Å². The number of hydrogen-bond donors (Lipinski definition) is 2. The maximum absolute atomic E-state index is 12.8. The predicted octanol–water partition coefficient (Wildman–Crippen LogP) is 1.36. The van der Waals surface area contributed by atoms with Crippen LogP contribution in [0.15, 0.2) is 18.3 Å². The Hall–Kier alpha value is -1.49. The van der Waals surface area contributed by atoms with Gasteiger partial charge < -0.3 is 10.4 Å². The molecule has 0 aliphatic heterocycles.